The van der Waals surface area contributed by atoms with Gasteiger partial charge in [-0.2, -0.15) is 0 Å². The molecule has 3 fully saturated rings. The number of aromatic nitrogens is 2. The minimum atomic E-state index is 0. The lowest BCUT2D eigenvalue weighted by atomic mass is 9.81. The normalized spacial score (nSPS) is 27.4. The maximum Gasteiger partial charge on any atom is 0.0945 e. The van der Waals surface area contributed by atoms with Crippen molar-refractivity contribution in [2.45, 2.75) is 56.7 Å². The maximum absolute atomic E-state index is 6.24. The summed E-state index contributed by atoms with van der Waals surface area (Å²) in [5, 5.41) is 3.48. The molecule has 0 saturated carbocycles. The summed E-state index contributed by atoms with van der Waals surface area (Å²) in [6.45, 7) is 6.87. The van der Waals surface area contributed by atoms with Crippen LogP contribution in [0.4, 0.5) is 0 Å². The number of nitrogens with zero attached hydrogens (tertiary/aromatic N) is 3. The van der Waals surface area contributed by atoms with Gasteiger partial charge in [-0.25, -0.2) is 4.98 Å². The molecule has 0 aromatic carbocycles. The van der Waals surface area contributed by atoms with E-state index in [1.165, 1.54) is 51.6 Å². The quantitative estimate of drug-likeness (QED) is 0.861. The zero-order valence-electron chi connectivity index (χ0n) is 14.9. The molecule has 0 radical (unpaired) electrons. The summed E-state index contributed by atoms with van der Waals surface area (Å²) in [5.41, 5.74) is 0.182. The molecule has 1 atom stereocenters. The van der Waals surface area contributed by atoms with E-state index in [0.717, 1.165) is 38.2 Å². The fourth-order valence-corrected chi connectivity index (χ4v) is 4.74. The van der Waals surface area contributed by atoms with Gasteiger partial charge in [0, 0.05) is 31.6 Å². The molecule has 1 unspecified atom stereocenters. The SMILES string of the molecule is Cl.Cl.c1cn(CC2CCN(C3CCOC4(CCNCC4)C3)CC2)cn1. The molecule has 5 nitrogen and oxygen atoms in total. The van der Waals surface area contributed by atoms with Crippen LogP contribution in [0.2, 0.25) is 0 Å². The molecule has 3 aliphatic rings. The van der Waals surface area contributed by atoms with Crippen molar-refractivity contribution >= 4 is 24.8 Å². The van der Waals surface area contributed by atoms with Crippen LogP contribution in [-0.2, 0) is 11.3 Å². The van der Waals surface area contributed by atoms with Gasteiger partial charge in [0.1, 0.15) is 0 Å². The highest BCUT2D eigenvalue weighted by Crippen LogP contribution is 2.36. The van der Waals surface area contributed by atoms with E-state index in [0.29, 0.717) is 0 Å². The van der Waals surface area contributed by atoms with E-state index in [9.17, 15) is 0 Å². The summed E-state index contributed by atoms with van der Waals surface area (Å²) in [5.74, 6) is 0.813. The molecule has 3 saturated heterocycles. The fourth-order valence-electron chi connectivity index (χ4n) is 4.74. The molecule has 3 aliphatic heterocycles. The first-order valence-corrected chi connectivity index (χ1v) is 9.37. The molecule has 0 bridgehead atoms. The number of ether oxygens (including phenoxy) is 1. The molecule has 7 heteroatoms. The first-order valence-electron chi connectivity index (χ1n) is 9.37. The number of rotatable bonds is 3. The van der Waals surface area contributed by atoms with Gasteiger partial charge in [0.15, 0.2) is 0 Å². The number of imidazole rings is 1. The third-order valence-electron chi connectivity index (χ3n) is 6.18. The van der Waals surface area contributed by atoms with Gasteiger partial charge in [-0.15, -0.1) is 24.8 Å². The Labute approximate surface area is 163 Å². The second kappa shape index (κ2) is 9.56. The van der Waals surface area contributed by atoms with E-state index in [2.05, 4.69) is 26.0 Å². The largest absolute Gasteiger partial charge is 0.375 e. The summed E-state index contributed by atoms with van der Waals surface area (Å²) in [4.78, 5) is 6.92. The molecule has 144 valence electrons. The Morgan fingerprint density at radius 3 is 2.56 bits per heavy atom. The second-order valence-corrected chi connectivity index (χ2v) is 7.67. The van der Waals surface area contributed by atoms with Gasteiger partial charge in [-0.1, -0.05) is 0 Å². The third kappa shape index (κ3) is 5.10. The molecular formula is C18H32Cl2N4O. The van der Waals surface area contributed by atoms with Crippen LogP contribution in [0.1, 0.15) is 38.5 Å². The Morgan fingerprint density at radius 2 is 1.88 bits per heavy atom. The van der Waals surface area contributed by atoms with Crippen LogP contribution in [0.3, 0.4) is 0 Å². The molecular weight excluding hydrogens is 359 g/mol. The monoisotopic (exact) mass is 390 g/mol. The van der Waals surface area contributed by atoms with Crippen molar-refractivity contribution in [2.24, 2.45) is 5.92 Å². The number of halogens is 2. The van der Waals surface area contributed by atoms with E-state index < -0.39 is 0 Å². The minimum absolute atomic E-state index is 0. The molecule has 0 amide bonds. The predicted octanol–water partition coefficient (Wildman–Crippen LogP) is 2.74. The van der Waals surface area contributed by atoms with Crippen molar-refractivity contribution < 1.29 is 4.74 Å². The van der Waals surface area contributed by atoms with E-state index >= 15 is 0 Å². The molecule has 1 aromatic rings. The number of piperidine rings is 2. The predicted molar refractivity (Wildman–Crippen MR) is 105 cm³/mol. The van der Waals surface area contributed by atoms with E-state index in [-0.39, 0.29) is 30.4 Å². The van der Waals surface area contributed by atoms with E-state index in [4.69, 9.17) is 4.74 Å². The van der Waals surface area contributed by atoms with Gasteiger partial charge in [-0.05, 0) is 70.6 Å². The van der Waals surface area contributed by atoms with Gasteiger partial charge in [0.05, 0.1) is 11.9 Å². The highest BCUT2D eigenvalue weighted by molar-refractivity contribution is 5.85. The van der Waals surface area contributed by atoms with Crippen molar-refractivity contribution in [1.29, 1.82) is 0 Å². The number of likely N-dealkylation sites (tertiary alicyclic amines) is 1. The highest BCUT2D eigenvalue weighted by atomic mass is 35.5. The van der Waals surface area contributed by atoms with Crippen molar-refractivity contribution in [2.75, 3.05) is 32.8 Å². The van der Waals surface area contributed by atoms with Crippen molar-refractivity contribution in [3.63, 3.8) is 0 Å². The number of hydrogen-bond acceptors (Lipinski definition) is 4. The van der Waals surface area contributed by atoms with Crippen LogP contribution in [0.5, 0.6) is 0 Å². The lowest BCUT2D eigenvalue weighted by Crippen LogP contribution is -2.54. The van der Waals surface area contributed by atoms with Gasteiger partial charge >= 0.3 is 0 Å². The standard InChI is InChI=1S/C18H30N4O.2ClH/c1-9-22(10-2-16(1)14-21-11-8-20-15-21)17-3-12-23-18(13-17)4-6-19-7-5-18;;/h8,11,15-17,19H,1-7,9-10,12-14H2;2*1H. The van der Waals surface area contributed by atoms with Gasteiger partial charge < -0.3 is 19.5 Å². The Morgan fingerprint density at radius 1 is 1.12 bits per heavy atom. The molecule has 25 heavy (non-hydrogen) atoms. The Kier molecular flexibility index (Phi) is 8.02. The van der Waals surface area contributed by atoms with Crippen LogP contribution in [0, 0.1) is 5.92 Å². The molecule has 4 rings (SSSR count). The summed E-state index contributed by atoms with van der Waals surface area (Å²) in [6.07, 6.45) is 13.4. The first-order chi connectivity index (χ1) is 11.3. The van der Waals surface area contributed by atoms with Crippen LogP contribution in [-0.4, -0.2) is 58.9 Å². The second-order valence-electron chi connectivity index (χ2n) is 7.67. The average Bonchev–Trinajstić information content (AvgIpc) is 3.09. The van der Waals surface area contributed by atoms with Gasteiger partial charge in [-0.3, -0.25) is 0 Å². The molecule has 4 heterocycles. The van der Waals surface area contributed by atoms with Gasteiger partial charge in [0.25, 0.3) is 0 Å². The lowest BCUT2D eigenvalue weighted by Gasteiger charge is -2.48. The van der Waals surface area contributed by atoms with Crippen molar-refractivity contribution in [3.8, 4) is 0 Å². The third-order valence-corrected chi connectivity index (χ3v) is 6.18. The molecule has 1 N–H and O–H groups in total. The summed E-state index contributed by atoms with van der Waals surface area (Å²) >= 11 is 0. The summed E-state index contributed by atoms with van der Waals surface area (Å²) in [6, 6.07) is 0.746. The van der Waals surface area contributed by atoms with E-state index in [1.807, 2.05) is 12.5 Å². The summed E-state index contributed by atoms with van der Waals surface area (Å²) in [7, 11) is 0. The van der Waals surface area contributed by atoms with Crippen molar-refractivity contribution in [3.05, 3.63) is 18.7 Å². The smallest absolute Gasteiger partial charge is 0.0945 e. The minimum Gasteiger partial charge on any atom is -0.375 e. The Bertz CT molecular complexity index is 480. The topological polar surface area (TPSA) is 42.3 Å². The first kappa shape index (κ1) is 21.0. The number of hydrogen-bond donors (Lipinski definition) is 1. The van der Waals surface area contributed by atoms with Crippen molar-refractivity contribution in [1.82, 2.24) is 19.8 Å². The molecule has 0 aliphatic carbocycles. The van der Waals surface area contributed by atoms with E-state index in [1.54, 1.807) is 0 Å². The van der Waals surface area contributed by atoms with Crippen LogP contribution in [0.15, 0.2) is 18.7 Å². The average molecular weight is 391 g/mol. The lowest BCUT2D eigenvalue weighted by molar-refractivity contribution is -0.123. The molecule has 1 aromatic heterocycles. The van der Waals surface area contributed by atoms with Gasteiger partial charge in [0.2, 0.25) is 0 Å². The zero-order valence-corrected chi connectivity index (χ0v) is 16.6. The fraction of sp³-hybridized carbons (Fsp3) is 0.833. The Balaban J connectivity index is 0.00000113. The Hall–Kier alpha value is -0.330. The van der Waals surface area contributed by atoms with Crippen LogP contribution in [0.25, 0.3) is 0 Å². The zero-order chi connectivity index (χ0) is 15.5. The summed E-state index contributed by atoms with van der Waals surface area (Å²) < 4.78 is 8.48. The van der Waals surface area contributed by atoms with Crippen LogP contribution < -0.4 is 5.32 Å². The highest BCUT2D eigenvalue weighted by Gasteiger charge is 2.40. The molecule has 1 spiro atoms. The number of nitrogens with one attached hydrogen (secondary N) is 1. The maximum atomic E-state index is 6.24. The van der Waals surface area contributed by atoms with Crippen LogP contribution >= 0.6 is 24.8 Å².